The van der Waals surface area contributed by atoms with Crippen molar-refractivity contribution in [3.05, 3.63) is 92.8 Å². The maximum absolute atomic E-state index is 15.5. The zero-order valence-corrected chi connectivity index (χ0v) is 28.3. The van der Waals surface area contributed by atoms with Crippen LogP contribution < -0.4 is 15.7 Å². The van der Waals surface area contributed by atoms with E-state index >= 15 is 4.39 Å². The van der Waals surface area contributed by atoms with Crippen LogP contribution in [0.15, 0.2) is 74.8 Å². The second-order valence-electron chi connectivity index (χ2n) is 11.5. The summed E-state index contributed by atoms with van der Waals surface area (Å²) in [6, 6.07) is 15.8. The third kappa shape index (κ3) is 8.40. The molecule has 0 saturated carbocycles. The predicted molar refractivity (Wildman–Crippen MR) is 176 cm³/mol. The van der Waals surface area contributed by atoms with Crippen LogP contribution in [0.2, 0.25) is 0 Å². The molecule has 0 radical (unpaired) electrons. The van der Waals surface area contributed by atoms with Gasteiger partial charge in [-0.15, -0.1) is 0 Å². The topological polar surface area (TPSA) is 124 Å². The summed E-state index contributed by atoms with van der Waals surface area (Å²) < 4.78 is 52.0. The normalized spacial score (nSPS) is 11.8. The Labute approximate surface area is 270 Å². The van der Waals surface area contributed by atoms with Crippen molar-refractivity contribution in [3.63, 3.8) is 0 Å². The van der Waals surface area contributed by atoms with E-state index in [1.54, 1.807) is 39.8 Å². The number of aryl methyl sites for hydroxylation is 1. The molecule has 3 aromatic carbocycles. The summed E-state index contributed by atoms with van der Waals surface area (Å²) >= 11 is 3.51. The van der Waals surface area contributed by atoms with Gasteiger partial charge in [0.2, 0.25) is 0 Å². The van der Waals surface area contributed by atoms with Crippen molar-refractivity contribution in [1.82, 2.24) is 19.1 Å². The third-order valence-electron chi connectivity index (χ3n) is 6.82. The molecule has 0 aliphatic rings. The van der Waals surface area contributed by atoms with Gasteiger partial charge in [0.05, 0.1) is 17.1 Å². The molecule has 10 nitrogen and oxygen atoms in total. The number of nitrogens with one attached hydrogen (secondary N) is 2. The zero-order chi connectivity index (χ0) is 32.9. The number of benzene rings is 3. The lowest BCUT2D eigenvalue weighted by Gasteiger charge is -2.20. The Kier molecular flexibility index (Phi) is 10.5. The second-order valence-corrected chi connectivity index (χ2v) is 14.0. The van der Waals surface area contributed by atoms with E-state index in [2.05, 4.69) is 33.3 Å². The van der Waals surface area contributed by atoms with Gasteiger partial charge in [0.25, 0.3) is 10.0 Å². The Morgan fingerprint density at radius 3 is 2.49 bits per heavy atom. The molecule has 0 aliphatic heterocycles. The molecule has 0 spiro atoms. The van der Waals surface area contributed by atoms with E-state index in [1.165, 1.54) is 39.6 Å². The third-order valence-corrected chi connectivity index (χ3v) is 8.86. The fourth-order valence-corrected chi connectivity index (χ4v) is 6.16. The quantitative estimate of drug-likeness (QED) is 0.165. The van der Waals surface area contributed by atoms with Crippen molar-refractivity contribution >= 4 is 37.7 Å². The van der Waals surface area contributed by atoms with E-state index in [9.17, 15) is 18.0 Å². The van der Waals surface area contributed by atoms with Gasteiger partial charge in [-0.25, -0.2) is 27.1 Å². The highest BCUT2D eigenvalue weighted by Crippen LogP contribution is 2.29. The van der Waals surface area contributed by atoms with Crippen LogP contribution >= 0.6 is 15.9 Å². The molecule has 2 N–H and O–H groups in total. The first-order valence-corrected chi connectivity index (χ1v) is 16.8. The highest BCUT2D eigenvalue weighted by molar-refractivity contribution is 9.10. The van der Waals surface area contributed by atoms with Gasteiger partial charge in [-0.3, -0.25) is 4.57 Å². The maximum Gasteiger partial charge on any atom is 0.421 e. The van der Waals surface area contributed by atoms with E-state index in [1.807, 2.05) is 22.9 Å². The van der Waals surface area contributed by atoms with Crippen molar-refractivity contribution in [2.24, 2.45) is 0 Å². The molecule has 1 amide bonds. The molecule has 4 aromatic rings. The molecule has 0 saturated heterocycles. The smallest absolute Gasteiger partial charge is 0.421 e. The number of amides is 1. The first-order chi connectivity index (χ1) is 21.2. The van der Waals surface area contributed by atoms with Crippen LogP contribution in [-0.4, -0.2) is 41.0 Å². The van der Waals surface area contributed by atoms with Crippen LogP contribution in [0.4, 0.5) is 14.9 Å². The number of carbonyl (C=O) groups is 1. The molecule has 0 fully saturated rings. The highest BCUT2D eigenvalue weighted by Gasteiger charge is 2.26. The summed E-state index contributed by atoms with van der Waals surface area (Å²) in [5.74, 6) is -0.250. The number of unbranched alkanes of at least 4 members (excludes halogenated alkanes) is 2. The van der Waals surface area contributed by atoms with E-state index in [-0.39, 0.29) is 28.1 Å². The van der Waals surface area contributed by atoms with Gasteiger partial charge in [-0.1, -0.05) is 50.1 Å². The fraction of sp³-hybridized carbons (Fsp3) is 0.344. The molecule has 45 heavy (non-hydrogen) atoms. The average molecular weight is 703 g/mol. The Morgan fingerprint density at radius 1 is 1.07 bits per heavy atom. The lowest BCUT2D eigenvalue weighted by Crippen LogP contribution is -2.36. The van der Waals surface area contributed by atoms with Crippen molar-refractivity contribution in [2.45, 2.75) is 70.9 Å². The summed E-state index contributed by atoms with van der Waals surface area (Å²) in [6.07, 6.45) is 2.14. The van der Waals surface area contributed by atoms with Crippen LogP contribution in [0.1, 0.15) is 58.3 Å². The SMILES string of the molecule is CCCCCNc1ccc(Br)c(-n2nc(C)n(Cc3ccc(-c4ccccc4S(=O)(=O)NC(=O)OC(C)(C)C)cc3F)c2=O)c1. The highest BCUT2D eigenvalue weighted by atomic mass is 79.9. The van der Waals surface area contributed by atoms with Crippen LogP contribution in [0.3, 0.4) is 0 Å². The molecule has 1 heterocycles. The maximum atomic E-state index is 15.5. The van der Waals surface area contributed by atoms with E-state index < -0.39 is 33.2 Å². The van der Waals surface area contributed by atoms with Crippen molar-refractivity contribution in [2.75, 3.05) is 11.9 Å². The van der Waals surface area contributed by atoms with Crippen molar-refractivity contribution in [1.29, 1.82) is 0 Å². The van der Waals surface area contributed by atoms with Crippen LogP contribution in [-0.2, 0) is 21.3 Å². The largest absolute Gasteiger partial charge is 0.443 e. The molecule has 4 rings (SSSR count). The number of hydrogen-bond donors (Lipinski definition) is 2. The van der Waals surface area contributed by atoms with Crippen molar-refractivity contribution in [3.8, 4) is 16.8 Å². The summed E-state index contributed by atoms with van der Waals surface area (Å²) in [5, 5.41) is 7.81. The monoisotopic (exact) mass is 701 g/mol. The predicted octanol–water partition coefficient (Wildman–Crippen LogP) is 6.77. The Bertz CT molecular complexity index is 1860. The lowest BCUT2D eigenvalue weighted by molar-refractivity contribution is 0.0570. The number of anilines is 1. The molecule has 0 unspecified atom stereocenters. The Balaban J connectivity index is 1.60. The molecular weight excluding hydrogens is 665 g/mol. The molecular formula is C32H37BrFN5O5S. The molecule has 240 valence electrons. The summed E-state index contributed by atoms with van der Waals surface area (Å²) in [4.78, 5) is 25.5. The van der Waals surface area contributed by atoms with Gasteiger partial charge in [-0.05, 0) is 85.9 Å². The van der Waals surface area contributed by atoms with Gasteiger partial charge < -0.3 is 10.1 Å². The number of ether oxygens (including phenoxy) is 1. The van der Waals surface area contributed by atoms with Crippen LogP contribution in [0, 0.1) is 12.7 Å². The van der Waals surface area contributed by atoms with Gasteiger partial charge in [0, 0.05) is 27.8 Å². The summed E-state index contributed by atoms with van der Waals surface area (Å²) in [5.41, 5.74) is 0.734. The number of nitrogens with zero attached hydrogens (tertiary/aromatic N) is 3. The second kappa shape index (κ2) is 14.0. The minimum Gasteiger partial charge on any atom is -0.443 e. The minimum atomic E-state index is -4.34. The number of sulfonamides is 1. The van der Waals surface area contributed by atoms with Gasteiger partial charge in [0.15, 0.2) is 0 Å². The minimum absolute atomic E-state index is 0.0937. The van der Waals surface area contributed by atoms with E-state index in [4.69, 9.17) is 4.74 Å². The lowest BCUT2D eigenvalue weighted by atomic mass is 10.0. The molecule has 0 bridgehead atoms. The standard InChI is InChI=1S/C32H37BrFN5O5S/c1-6-7-10-17-35-24-15-16-26(33)28(19-24)39-31(41)38(21(2)36-39)20-23-14-13-22(18-27(23)34)25-11-8-9-12-29(25)45(42,43)37-30(40)44-32(3,4)5/h8-9,11-16,18-19,35H,6-7,10,17,20H2,1-5H3,(H,37,40). The van der Waals surface area contributed by atoms with E-state index in [0.717, 1.165) is 31.5 Å². The Morgan fingerprint density at radius 2 is 1.80 bits per heavy atom. The molecule has 0 atom stereocenters. The van der Waals surface area contributed by atoms with Crippen LogP contribution in [0.5, 0.6) is 0 Å². The first-order valence-electron chi connectivity index (χ1n) is 14.5. The zero-order valence-electron chi connectivity index (χ0n) is 25.9. The molecule has 13 heteroatoms. The van der Waals surface area contributed by atoms with Crippen LogP contribution in [0.25, 0.3) is 16.8 Å². The number of rotatable bonds is 11. The Hall–Kier alpha value is -3.97. The summed E-state index contributed by atoms with van der Waals surface area (Å²) in [7, 11) is -4.34. The van der Waals surface area contributed by atoms with E-state index in [0.29, 0.717) is 16.0 Å². The fourth-order valence-electron chi connectivity index (χ4n) is 4.64. The van der Waals surface area contributed by atoms with Gasteiger partial charge in [-0.2, -0.15) is 9.78 Å². The summed E-state index contributed by atoms with van der Waals surface area (Å²) in [6.45, 7) is 9.37. The van der Waals surface area contributed by atoms with Gasteiger partial charge >= 0.3 is 11.8 Å². The first kappa shape index (κ1) is 33.9. The molecule has 0 aliphatic carbocycles. The number of hydrogen-bond acceptors (Lipinski definition) is 7. The number of halogens is 2. The number of carbonyl (C=O) groups excluding carboxylic acids is 1. The average Bonchev–Trinajstić information content (AvgIpc) is 3.24. The number of aromatic nitrogens is 3. The van der Waals surface area contributed by atoms with Gasteiger partial charge in [0.1, 0.15) is 17.2 Å². The van der Waals surface area contributed by atoms with Crippen molar-refractivity contribution < 1.29 is 22.3 Å². The molecule has 1 aromatic heterocycles.